The molecule has 0 radical (unpaired) electrons. The molecule has 0 spiro atoms. The molecule has 0 aromatic carbocycles. The van der Waals surface area contributed by atoms with Gasteiger partial charge in [-0.2, -0.15) is 5.10 Å². The number of nitrogens with one attached hydrogen (secondary N) is 2. The topological polar surface area (TPSA) is 95.1 Å². The van der Waals surface area contributed by atoms with E-state index in [9.17, 15) is 14.7 Å². The molecule has 0 unspecified atom stereocenters. The highest BCUT2D eigenvalue weighted by atomic mass is 16.4. The number of aromatic nitrogens is 2. The minimum Gasteiger partial charge on any atom is -0.480 e. The second-order valence-electron chi connectivity index (χ2n) is 5.83. The minimum atomic E-state index is -1.14. The van der Waals surface area contributed by atoms with Crippen LogP contribution >= 0.6 is 0 Å². The number of H-pyrrole nitrogens is 1. The van der Waals surface area contributed by atoms with Crippen molar-refractivity contribution in [2.45, 2.75) is 52.0 Å². The van der Waals surface area contributed by atoms with Gasteiger partial charge in [-0.05, 0) is 45.4 Å². The lowest BCUT2D eigenvalue weighted by Crippen LogP contribution is -2.56. The Labute approximate surface area is 118 Å². The molecule has 1 aromatic rings. The summed E-state index contributed by atoms with van der Waals surface area (Å²) < 4.78 is 0. The van der Waals surface area contributed by atoms with Crippen LogP contribution in [0.3, 0.4) is 0 Å². The molecule has 1 aromatic heterocycles. The molecule has 0 saturated heterocycles. The largest absolute Gasteiger partial charge is 0.480 e. The van der Waals surface area contributed by atoms with Gasteiger partial charge >= 0.3 is 5.97 Å². The number of hydrogen-bond acceptors (Lipinski definition) is 3. The number of aryl methyl sites for hydroxylation is 2. The molecule has 0 bridgehead atoms. The van der Waals surface area contributed by atoms with Crippen molar-refractivity contribution in [1.82, 2.24) is 15.5 Å². The molecule has 20 heavy (non-hydrogen) atoms. The molecule has 110 valence electrons. The van der Waals surface area contributed by atoms with Gasteiger partial charge in [0.15, 0.2) is 0 Å². The van der Waals surface area contributed by atoms with Crippen molar-refractivity contribution in [2.24, 2.45) is 5.92 Å². The summed E-state index contributed by atoms with van der Waals surface area (Å²) in [5, 5.41) is 19.0. The first-order valence-electron chi connectivity index (χ1n) is 6.93. The average molecular weight is 279 g/mol. The summed E-state index contributed by atoms with van der Waals surface area (Å²) >= 11 is 0. The van der Waals surface area contributed by atoms with E-state index in [1.165, 1.54) is 0 Å². The summed E-state index contributed by atoms with van der Waals surface area (Å²) in [6.07, 6.45) is 2.59. The van der Waals surface area contributed by atoms with Crippen molar-refractivity contribution >= 4 is 11.9 Å². The van der Waals surface area contributed by atoms with Gasteiger partial charge in [0.05, 0.1) is 11.3 Å². The fourth-order valence-corrected chi connectivity index (χ4v) is 2.81. The number of rotatable bonds is 3. The van der Waals surface area contributed by atoms with Gasteiger partial charge in [0, 0.05) is 5.69 Å². The van der Waals surface area contributed by atoms with Crippen LogP contribution in [0.2, 0.25) is 0 Å². The molecule has 2 rings (SSSR count). The van der Waals surface area contributed by atoms with Crippen LogP contribution in [0.5, 0.6) is 0 Å². The first kappa shape index (κ1) is 14.6. The van der Waals surface area contributed by atoms with Gasteiger partial charge in [-0.25, -0.2) is 4.79 Å². The van der Waals surface area contributed by atoms with Crippen LogP contribution in [-0.4, -0.2) is 32.7 Å². The van der Waals surface area contributed by atoms with Gasteiger partial charge in [0.2, 0.25) is 0 Å². The standard InChI is InChI=1S/C14H21N3O3/c1-8-4-6-14(7-5-8,13(19)20)15-12(18)11-9(2)16-17-10(11)3/h8H,4-7H2,1-3H3,(H,15,18)(H,16,17)(H,19,20). The molecule has 6 nitrogen and oxygen atoms in total. The van der Waals surface area contributed by atoms with Gasteiger partial charge in [-0.3, -0.25) is 9.89 Å². The summed E-state index contributed by atoms with van der Waals surface area (Å²) in [7, 11) is 0. The Morgan fingerprint density at radius 3 is 2.40 bits per heavy atom. The van der Waals surface area contributed by atoms with Gasteiger partial charge in [0.1, 0.15) is 5.54 Å². The normalized spacial score (nSPS) is 26.2. The highest BCUT2D eigenvalue weighted by molar-refractivity contribution is 5.99. The maximum atomic E-state index is 12.4. The smallest absolute Gasteiger partial charge is 0.329 e. The molecule has 0 aliphatic heterocycles. The quantitative estimate of drug-likeness (QED) is 0.786. The molecule has 1 heterocycles. The molecule has 0 atom stereocenters. The second kappa shape index (κ2) is 5.26. The van der Waals surface area contributed by atoms with E-state index in [4.69, 9.17) is 0 Å². The van der Waals surface area contributed by atoms with E-state index >= 15 is 0 Å². The zero-order valence-electron chi connectivity index (χ0n) is 12.1. The average Bonchev–Trinajstić information content (AvgIpc) is 2.72. The number of carboxylic acids is 1. The lowest BCUT2D eigenvalue weighted by molar-refractivity contribution is -0.146. The summed E-state index contributed by atoms with van der Waals surface area (Å²) in [6.45, 7) is 5.60. The van der Waals surface area contributed by atoms with E-state index in [1.54, 1.807) is 13.8 Å². The Morgan fingerprint density at radius 2 is 1.95 bits per heavy atom. The van der Waals surface area contributed by atoms with Crippen LogP contribution in [0.25, 0.3) is 0 Å². The molecule has 1 aliphatic carbocycles. The van der Waals surface area contributed by atoms with Crippen molar-refractivity contribution in [3.8, 4) is 0 Å². The molecule has 3 N–H and O–H groups in total. The van der Waals surface area contributed by atoms with Crippen molar-refractivity contribution in [2.75, 3.05) is 0 Å². The van der Waals surface area contributed by atoms with Gasteiger partial charge in [0.25, 0.3) is 5.91 Å². The van der Waals surface area contributed by atoms with Crippen molar-refractivity contribution in [3.05, 3.63) is 17.0 Å². The zero-order valence-corrected chi connectivity index (χ0v) is 12.1. The number of carboxylic acid groups (broad SMARTS) is 1. The van der Waals surface area contributed by atoms with Crippen LogP contribution in [0.4, 0.5) is 0 Å². The third-order valence-electron chi connectivity index (χ3n) is 4.25. The Kier molecular flexibility index (Phi) is 3.83. The number of carbonyl (C=O) groups excluding carboxylic acids is 1. The van der Waals surface area contributed by atoms with Crippen LogP contribution in [-0.2, 0) is 4.79 Å². The van der Waals surface area contributed by atoms with Crippen molar-refractivity contribution in [3.63, 3.8) is 0 Å². The molecular weight excluding hydrogens is 258 g/mol. The van der Waals surface area contributed by atoms with Gasteiger partial charge < -0.3 is 10.4 Å². The van der Waals surface area contributed by atoms with Crippen LogP contribution in [0, 0.1) is 19.8 Å². The lowest BCUT2D eigenvalue weighted by Gasteiger charge is -2.36. The maximum absolute atomic E-state index is 12.4. The summed E-state index contributed by atoms with van der Waals surface area (Å²) in [5.41, 5.74) is 0.554. The molecule has 6 heteroatoms. The second-order valence-corrected chi connectivity index (χ2v) is 5.83. The van der Waals surface area contributed by atoms with Gasteiger partial charge in [-0.1, -0.05) is 6.92 Å². The Morgan fingerprint density at radius 1 is 1.35 bits per heavy atom. The molecule has 1 saturated carbocycles. The molecule has 1 aliphatic rings. The third kappa shape index (κ3) is 2.55. The number of aromatic amines is 1. The minimum absolute atomic E-state index is 0.356. The fraction of sp³-hybridized carbons (Fsp3) is 0.643. The number of nitrogens with zero attached hydrogens (tertiary/aromatic N) is 1. The van der Waals surface area contributed by atoms with E-state index in [0.29, 0.717) is 35.7 Å². The maximum Gasteiger partial charge on any atom is 0.329 e. The SMILES string of the molecule is Cc1n[nH]c(C)c1C(=O)NC1(C(=O)O)CCC(C)CC1. The lowest BCUT2D eigenvalue weighted by atomic mass is 9.77. The monoisotopic (exact) mass is 279 g/mol. The highest BCUT2D eigenvalue weighted by Gasteiger charge is 2.43. The zero-order chi connectivity index (χ0) is 14.9. The third-order valence-corrected chi connectivity index (χ3v) is 4.25. The molecule has 1 fully saturated rings. The van der Waals surface area contributed by atoms with Crippen LogP contribution in [0.15, 0.2) is 0 Å². The fourth-order valence-electron chi connectivity index (χ4n) is 2.81. The van der Waals surface area contributed by atoms with E-state index < -0.39 is 11.5 Å². The van der Waals surface area contributed by atoms with E-state index in [2.05, 4.69) is 22.4 Å². The predicted octanol–water partition coefficient (Wildman–Crippen LogP) is 1.79. The number of aliphatic carboxylic acids is 1. The molecule has 1 amide bonds. The van der Waals surface area contributed by atoms with E-state index in [-0.39, 0.29) is 5.91 Å². The Hall–Kier alpha value is -1.85. The van der Waals surface area contributed by atoms with Crippen molar-refractivity contribution in [1.29, 1.82) is 0 Å². The number of carbonyl (C=O) groups is 2. The number of hydrogen-bond donors (Lipinski definition) is 3. The van der Waals surface area contributed by atoms with Crippen LogP contribution in [0.1, 0.15) is 54.4 Å². The Balaban J connectivity index is 2.21. The first-order chi connectivity index (χ1) is 9.35. The first-order valence-corrected chi connectivity index (χ1v) is 6.93. The van der Waals surface area contributed by atoms with E-state index in [1.807, 2.05) is 0 Å². The molecular formula is C14H21N3O3. The predicted molar refractivity (Wildman–Crippen MR) is 73.5 cm³/mol. The summed E-state index contributed by atoms with van der Waals surface area (Å²) in [6, 6.07) is 0. The number of amides is 1. The Bertz CT molecular complexity index is 508. The van der Waals surface area contributed by atoms with Crippen molar-refractivity contribution < 1.29 is 14.7 Å². The highest BCUT2D eigenvalue weighted by Crippen LogP contribution is 2.32. The van der Waals surface area contributed by atoms with Gasteiger partial charge in [-0.15, -0.1) is 0 Å². The summed E-state index contributed by atoms with van der Waals surface area (Å²) in [4.78, 5) is 24.0. The summed E-state index contributed by atoms with van der Waals surface area (Å²) in [5.74, 6) is -0.793. The van der Waals surface area contributed by atoms with E-state index in [0.717, 1.165) is 12.8 Å². The van der Waals surface area contributed by atoms with Crippen LogP contribution < -0.4 is 5.32 Å².